The normalized spacial score (nSPS) is 10.7. The SMILES string of the molecule is N#Cc1ccc(NC(=O)/C=C/c2ccc(-c3ccc(Cl)cc3)o2)c(I)c1. The standard InChI is InChI=1S/C20H12ClIN2O2/c21-15-4-2-14(3-5-15)19-9-6-16(26-19)7-10-20(25)24-18-8-1-13(12-23)11-17(18)22/h1-11H,(H,24,25)/b10-7+. The molecule has 128 valence electrons. The second kappa shape index (κ2) is 8.21. The van der Waals surface area contributed by atoms with Gasteiger partial charge in [0.2, 0.25) is 5.91 Å². The highest BCUT2D eigenvalue weighted by Gasteiger charge is 2.06. The van der Waals surface area contributed by atoms with Gasteiger partial charge in [-0.2, -0.15) is 5.26 Å². The molecule has 0 radical (unpaired) electrons. The Morgan fingerprint density at radius 1 is 1.15 bits per heavy atom. The molecular weight excluding hydrogens is 463 g/mol. The summed E-state index contributed by atoms with van der Waals surface area (Å²) in [7, 11) is 0. The number of anilines is 1. The highest BCUT2D eigenvalue weighted by molar-refractivity contribution is 14.1. The lowest BCUT2D eigenvalue weighted by molar-refractivity contribution is -0.111. The van der Waals surface area contributed by atoms with E-state index in [0.717, 1.165) is 9.13 Å². The lowest BCUT2D eigenvalue weighted by atomic mass is 10.2. The Hall–Kier alpha value is -2.56. The van der Waals surface area contributed by atoms with Gasteiger partial charge < -0.3 is 9.73 Å². The van der Waals surface area contributed by atoms with E-state index in [-0.39, 0.29) is 5.91 Å². The van der Waals surface area contributed by atoms with E-state index in [9.17, 15) is 4.79 Å². The summed E-state index contributed by atoms with van der Waals surface area (Å²) < 4.78 is 6.51. The minimum atomic E-state index is -0.280. The Morgan fingerprint density at radius 2 is 1.92 bits per heavy atom. The quantitative estimate of drug-likeness (QED) is 0.388. The molecule has 1 heterocycles. The number of carbonyl (C=O) groups excluding carboxylic acids is 1. The lowest BCUT2D eigenvalue weighted by Crippen LogP contribution is -2.08. The van der Waals surface area contributed by atoms with Crippen molar-refractivity contribution in [3.05, 3.63) is 80.6 Å². The highest BCUT2D eigenvalue weighted by atomic mass is 127. The fourth-order valence-corrected chi connectivity index (χ4v) is 3.01. The molecule has 0 unspecified atom stereocenters. The number of carbonyl (C=O) groups is 1. The average Bonchev–Trinajstić information content (AvgIpc) is 3.11. The van der Waals surface area contributed by atoms with Gasteiger partial charge in [0.05, 0.1) is 17.3 Å². The third-order valence-corrected chi connectivity index (χ3v) is 4.66. The molecule has 0 atom stereocenters. The van der Waals surface area contributed by atoms with Crippen LogP contribution in [0.5, 0.6) is 0 Å². The molecule has 0 fully saturated rings. The number of rotatable bonds is 4. The van der Waals surface area contributed by atoms with Crippen molar-refractivity contribution in [2.75, 3.05) is 5.32 Å². The summed E-state index contributed by atoms with van der Waals surface area (Å²) in [6, 6.07) is 18.1. The Bertz CT molecular complexity index is 1020. The molecule has 3 rings (SSSR count). The fourth-order valence-electron chi connectivity index (χ4n) is 2.23. The van der Waals surface area contributed by atoms with Gasteiger partial charge in [0.15, 0.2) is 0 Å². The van der Waals surface area contributed by atoms with Gasteiger partial charge in [-0.3, -0.25) is 4.79 Å². The summed E-state index contributed by atoms with van der Waals surface area (Å²) in [6.07, 6.45) is 3.00. The lowest BCUT2D eigenvalue weighted by Gasteiger charge is -2.04. The third kappa shape index (κ3) is 4.54. The molecule has 4 nitrogen and oxygen atoms in total. The molecular formula is C20H12ClIN2O2. The van der Waals surface area contributed by atoms with Crippen LogP contribution in [0.4, 0.5) is 5.69 Å². The second-order valence-corrected chi connectivity index (χ2v) is 6.94. The number of halogens is 2. The van der Waals surface area contributed by atoms with E-state index >= 15 is 0 Å². The maximum atomic E-state index is 12.1. The van der Waals surface area contributed by atoms with Crippen LogP contribution in [0.15, 0.2) is 65.1 Å². The van der Waals surface area contributed by atoms with Gasteiger partial charge in [0, 0.05) is 20.2 Å². The van der Waals surface area contributed by atoms with E-state index < -0.39 is 0 Å². The largest absolute Gasteiger partial charge is 0.457 e. The predicted octanol–water partition coefficient (Wildman–Crippen LogP) is 5.73. The zero-order valence-corrected chi connectivity index (χ0v) is 16.3. The first-order valence-electron chi connectivity index (χ1n) is 7.59. The number of amides is 1. The maximum absolute atomic E-state index is 12.1. The van der Waals surface area contributed by atoms with Gasteiger partial charge in [0.1, 0.15) is 11.5 Å². The first kappa shape index (κ1) is 18.2. The van der Waals surface area contributed by atoms with Crippen molar-refractivity contribution in [2.24, 2.45) is 0 Å². The highest BCUT2D eigenvalue weighted by Crippen LogP contribution is 2.24. The number of hydrogen-bond acceptors (Lipinski definition) is 3. The molecule has 26 heavy (non-hydrogen) atoms. The van der Waals surface area contributed by atoms with Crippen LogP contribution in [0.1, 0.15) is 11.3 Å². The van der Waals surface area contributed by atoms with E-state index in [2.05, 4.69) is 34.0 Å². The van der Waals surface area contributed by atoms with Crippen molar-refractivity contribution >= 4 is 51.9 Å². The summed E-state index contributed by atoms with van der Waals surface area (Å²) in [6.45, 7) is 0. The van der Waals surface area contributed by atoms with Gasteiger partial charge in [-0.1, -0.05) is 11.6 Å². The van der Waals surface area contributed by atoms with E-state index in [4.69, 9.17) is 21.3 Å². The van der Waals surface area contributed by atoms with Gasteiger partial charge >= 0.3 is 0 Å². The molecule has 2 aromatic carbocycles. The molecule has 0 bridgehead atoms. The maximum Gasteiger partial charge on any atom is 0.248 e. The smallest absolute Gasteiger partial charge is 0.248 e. The molecule has 0 aliphatic carbocycles. The van der Waals surface area contributed by atoms with E-state index in [1.165, 1.54) is 6.08 Å². The third-order valence-electron chi connectivity index (χ3n) is 3.51. The van der Waals surface area contributed by atoms with Gasteiger partial charge in [-0.15, -0.1) is 0 Å². The molecule has 6 heteroatoms. The molecule has 1 amide bonds. The Morgan fingerprint density at radius 3 is 2.62 bits per heavy atom. The summed E-state index contributed by atoms with van der Waals surface area (Å²) in [4.78, 5) is 12.1. The van der Waals surface area contributed by atoms with Crippen LogP contribution in [-0.4, -0.2) is 5.91 Å². The summed E-state index contributed by atoms with van der Waals surface area (Å²) >= 11 is 7.96. The molecule has 1 aromatic heterocycles. The van der Waals surface area contributed by atoms with Gasteiger partial charge in [0.25, 0.3) is 0 Å². The number of nitriles is 1. The number of hydrogen-bond donors (Lipinski definition) is 1. The molecule has 0 aliphatic rings. The first-order valence-corrected chi connectivity index (χ1v) is 9.05. The molecule has 0 aliphatic heterocycles. The fraction of sp³-hybridized carbons (Fsp3) is 0. The monoisotopic (exact) mass is 474 g/mol. The minimum absolute atomic E-state index is 0.280. The molecule has 3 aromatic rings. The van der Waals surface area contributed by atoms with Crippen molar-refractivity contribution in [3.8, 4) is 17.4 Å². The predicted molar refractivity (Wildman–Crippen MR) is 111 cm³/mol. The molecule has 1 N–H and O–H groups in total. The molecule has 0 saturated heterocycles. The van der Waals surface area contributed by atoms with Gasteiger partial charge in [-0.25, -0.2) is 0 Å². The second-order valence-electron chi connectivity index (χ2n) is 5.34. The zero-order valence-electron chi connectivity index (χ0n) is 13.4. The van der Waals surface area contributed by atoms with Gasteiger partial charge in [-0.05, 0) is 83.3 Å². The number of nitrogens with zero attached hydrogens (tertiary/aromatic N) is 1. The number of furan rings is 1. The summed E-state index contributed by atoms with van der Waals surface area (Å²) in [5.74, 6) is 0.986. The zero-order chi connectivity index (χ0) is 18.5. The van der Waals surface area contributed by atoms with Crippen molar-refractivity contribution < 1.29 is 9.21 Å². The van der Waals surface area contributed by atoms with Crippen LogP contribution in [-0.2, 0) is 4.79 Å². The number of nitrogens with one attached hydrogen (secondary N) is 1. The first-order chi connectivity index (χ1) is 12.5. The summed E-state index contributed by atoms with van der Waals surface area (Å²) in [5.41, 5.74) is 2.11. The summed E-state index contributed by atoms with van der Waals surface area (Å²) in [5, 5.41) is 12.3. The van der Waals surface area contributed by atoms with E-state index in [0.29, 0.717) is 27.8 Å². The van der Waals surface area contributed by atoms with Crippen LogP contribution < -0.4 is 5.32 Å². The Kier molecular flexibility index (Phi) is 5.76. The van der Waals surface area contributed by atoms with Crippen LogP contribution in [0.25, 0.3) is 17.4 Å². The van der Waals surface area contributed by atoms with Crippen LogP contribution >= 0.6 is 34.2 Å². The van der Waals surface area contributed by atoms with Crippen molar-refractivity contribution in [1.29, 1.82) is 5.26 Å². The Balaban J connectivity index is 1.67. The number of benzene rings is 2. The van der Waals surface area contributed by atoms with Crippen LogP contribution in [0, 0.1) is 14.9 Å². The van der Waals surface area contributed by atoms with E-state index in [1.807, 2.05) is 18.2 Å². The average molecular weight is 475 g/mol. The van der Waals surface area contributed by atoms with Crippen LogP contribution in [0.2, 0.25) is 5.02 Å². The van der Waals surface area contributed by atoms with Crippen molar-refractivity contribution in [2.45, 2.75) is 0 Å². The van der Waals surface area contributed by atoms with Crippen LogP contribution in [0.3, 0.4) is 0 Å². The van der Waals surface area contributed by atoms with E-state index in [1.54, 1.807) is 42.5 Å². The molecule has 0 saturated carbocycles. The topological polar surface area (TPSA) is 66.0 Å². The molecule has 0 spiro atoms. The Labute approximate surface area is 169 Å². The van der Waals surface area contributed by atoms with Crippen molar-refractivity contribution in [3.63, 3.8) is 0 Å². The minimum Gasteiger partial charge on any atom is -0.457 e. The van der Waals surface area contributed by atoms with Crippen molar-refractivity contribution in [1.82, 2.24) is 0 Å².